The molecule has 0 aromatic carbocycles. The van der Waals surface area contributed by atoms with Gasteiger partial charge in [-0.05, 0) is 19.3 Å². The Morgan fingerprint density at radius 3 is 1.02 bits per heavy atom. The molecule has 0 radical (unpaired) electrons. The molecular formula is C71H133O24P. The number of aliphatic hydroxyl groups is 10. The van der Waals surface area contributed by atoms with E-state index < -0.39 is 156 Å². The molecule has 0 spiro atoms. The zero-order valence-corrected chi connectivity index (χ0v) is 59.8. The largest absolute Gasteiger partial charge is 0.472 e. The van der Waals surface area contributed by atoms with Crippen LogP contribution >= 0.6 is 7.82 Å². The van der Waals surface area contributed by atoms with E-state index in [4.69, 9.17) is 42.2 Å². The number of esters is 3. The molecule has 3 rings (SSSR count). The van der Waals surface area contributed by atoms with Gasteiger partial charge in [0.05, 0.1) is 13.2 Å². The standard InChI is InChI=1S/C71H133O24P/c1-4-7-10-13-16-19-22-25-26-29-31-33-36-39-42-45-55(73)87-49-52(90-57(75)47-44-41-38-35-32-28-24-21-18-15-12-9-6-3)50-89-96(85,86)95-69-67(93-70-65(83)60(78)58(76)53(48-72)91-70)63(81)62(80)64(82)68(69)94-71-66(84)61(79)59(77)54(92-71)51-88-56(74)46-43-40-37-34-30-27-23-20-17-14-11-8-5-2/h52-54,58-72,76-84H,4-51H2,1-3H3,(H,85,86). The summed E-state index contributed by atoms with van der Waals surface area (Å²) in [6.45, 7) is 3.46. The Hall–Kier alpha value is -2.04. The fourth-order valence-electron chi connectivity index (χ4n) is 12.7. The third kappa shape index (κ3) is 36.7. The number of hydrogen-bond donors (Lipinski definition) is 11. The average molecular weight is 1400 g/mol. The summed E-state index contributed by atoms with van der Waals surface area (Å²) in [6, 6.07) is 0. The van der Waals surface area contributed by atoms with Crippen LogP contribution in [-0.4, -0.2) is 204 Å². The minimum atomic E-state index is -5.69. The minimum Gasteiger partial charge on any atom is -0.463 e. The molecule has 11 N–H and O–H groups in total. The summed E-state index contributed by atoms with van der Waals surface area (Å²) in [7, 11) is -5.69. The van der Waals surface area contributed by atoms with E-state index >= 15 is 0 Å². The molecule has 96 heavy (non-hydrogen) atoms. The maximum absolute atomic E-state index is 14.3. The van der Waals surface area contributed by atoms with Crippen LogP contribution in [0.2, 0.25) is 0 Å². The summed E-state index contributed by atoms with van der Waals surface area (Å²) < 4.78 is 65.0. The lowest BCUT2D eigenvalue weighted by atomic mass is 9.84. The van der Waals surface area contributed by atoms with Gasteiger partial charge in [0.2, 0.25) is 0 Å². The highest BCUT2D eigenvalue weighted by Crippen LogP contribution is 2.49. The van der Waals surface area contributed by atoms with Crippen LogP contribution in [0.4, 0.5) is 0 Å². The molecule has 24 nitrogen and oxygen atoms in total. The van der Waals surface area contributed by atoms with Crippen molar-refractivity contribution in [2.75, 3.05) is 26.4 Å². The number of phosphoric ester groups is 1. The number of carbonyl (C=O) groups excluding carboxylic acids is 3. The van der Waals surface area contributed by atoms with Crippen molar-refractivity contribution in [3.8, 4) is 0 Å². The smallest absolute Gasteiger partial charge is 0.463 e. The van der Waals surface area contributed by atoms with E-state index in [1.54, 1.807) is 0 Å². The first kappa shape index (κ1) is 88.2. The molecule has 3 fully saturated rings. The van der Waals surface area contributed by atoms with Crippen LogP contribution in [0.1, 0.15) is 303 Å². The van der Waals surface area contributed by atoms with Crippen LogP contribution < -0.4 is 0 Å². The molecular weight excluding hydrogens is 1270 g/mol. The average Bonchev–Trinajstić information content (AvgIpc) is 0.767. The molecule has 0 aromatic rings. The number of phosphoric acid groups is 1. The fraction of sp³-hybridized carbons (Fsp3) is 0.958. The summed E-state index contributed by atoms with van der Waals surface area (Å²) in [6.07, 6.45) is 10.3. The van der Waals surface area contributed by atoms with Gasteiger partial charge in [0.15, 0.2) is 18.7 Å². The van der Waals surface area contributed by atoms with Crippen LogP contribution in [0.15, 0.2) is 0 Å². The topological polar surface area (TPSA) is 374 Å². The monoisotopic (exact) mass is 1400 g/mol. The zero-order chi connectivity index (χ0) is 70.4. The summed E-state index contributed by atoms with van der Waals surface area (Å²) in [5.41, 5.74) is 0. The maximum Gasteiger partial charge on any atom is 0.472 e. The molecule has 0 bridgehead atoms. The van der Waals surface area contributed by atoms with E-state index in [0.29, 0.717) is 19.3 Å². The molecule has 1 saturated carbocycles. The second-order valence-corrected chi connectivity index (χ2v) is 28.8. The number of aliphatic hydroxyl groups excluding tert-OH is 10. The highest BCUT2D eigenvalue weighted by atomic mass is 31.2. The fourth-order valence-corrected chi connectivity index (χ4v) is 13.7. The lowest BCUT2D eigenvalue weighted by Gasteiger charge is -2.49. The van der Waals surface area contributed by atoms with Gasteiger partial charge in [-0.15, -0.1) is 0 Å². The van der Waals surface area contributed by atoms with Crippen LogP contribution in [0, 0.1) is 0 Å². The van der Waals surface area contributed by atoms with Gasteiger partial charge in [0.1, 0.15) is 98.7 Å². The molecule has 2 saturated heterocycles. The van der Waals surface area contributed by atoms with Gasteiger partial charge >= 0.3 is 25.7 Å². The van der Waals surface area contributed by atoms with Crippen molar-refractivity contribution >= 4 is 25.7 Å². The van der Waals surface area contributed by atoms with Crippen molar-refractivity contribution in [1.29, 1.82) is 0 Å². The summed E-state index contributed by atoms with van der Waals surface area (Å²) in [5, 5.41) is 110. The van der Waals surface area contributed by atoms with Gasteiger partial charge in [0, 0.05) is 19.3 Å². The predicted molar refractivity (Wildman–Crippen MR) is 361 cm³/mol. The van der Waals surface area contributed by atoms with Crippen LogP contribution in [-0.2, 0) is 61.2 Å². The van der Waals surface area contributed by atoms with Crippen molar-refractivity contribution in [2.24, 2.45) is 0 Å². The first-order chi connectivity index (χ1) is 46.3. The van der Waals surface area contributed by atoms with Crippen molar-refractivity contribution in [2.45, 2.75) is 407 Å². The minimum absolute atomic E-state index is 0.0333. The Kier molecular flexibility index (Phi) is 49.4. The molecule has 2 heterocycles. The van der Waals surface area contributed by atoms with Gasteiger partial charge in [-0.2, -0.15) is 0 Å². The van der Waals surface area contributed by atoms with Crippen molar-refractivity contribution in [3.05, 3.63) is 0 Å². The van der Waals surface area contributed by atoms with Gasteiger partial charge < -0.3 is 89.1 Å². The third-order valence-corrected chi connectivity index (χ3v) is 19.9. The summed E-state index contributed by atoms with van der Waals surface area (Å²) in [5.74, 6) is -1.97. The van der Waals surface area contributed by atoms with Crippen LogP contribution in [0.5, 0.6) is 0 Å². The molecule has 0 amide bonds. The van der Waals surface area contributed by atoms with Crippen LogP contribution in [0.25, 0.3) is 0 Å². The van der Waals surface area contributed by atoms with E-state index in [2.05, 4.69) is 20.8 Å². The number of ether oxygens (including phenoxy) is 7. The Balaban J connectivity index is 1.73. The van der Waals surface area contributed by atoms with E-state index in [1.165, 1.54) is 154 Å². The predicted octanol–water partition coefficient (Wildman–Crippen LogP) is 10.2. The normalized spacial score (nSPS) is 27.9. The lowest BCUT2D eigenvalue weighted by molar-refractivity contribution is -0.360. The number of rotatable bonds is 59. The molecule has 1 aliphatic carbocycles. The second-order valence-electron chi connectivity index (χ2n) is 27.4. The summed E-state index contributed by atoms with van der Waals surface area (Å²) >= 11 is 0. The van der Waals surface area contributed by atoms with Gasteiger partial charge in [-0.3, -0.25) is 23.4 Å². The molecule has 18 unspecified atom stereocenters. The van der Waals surface area contributed by atoms with Crippen molar-refractivity contribution < 1.29 is 117 Å². The first-order valence-corrected chi connectivity index (χ1v) is 39.3. The van der Waals surface area contributed by atoms with Gasteiger partial charge in [0.25, 0.3) is 0 Å². The van der Waals surface area contributed by atoms with Gasteiger partial charge in [-0.1, -0.05) is 265 Å². The van der Waals surface area contributed by atoms with Crippen molar-refractivity contribution in [3.63, 3.8) is 0 Å². The molecule has 0 aromatic heterocycles. The van der Waals surface area contributed by atoms with E-state index in [0.717, 1.165) is 89.9 Å². The third-order valence-electron chi connectivity index (χ3n) is 18.9. The highest BCUT2D eigenvalue weighted by Gasteiger charge is 2.58. The van der Waals surface area contributed by atoms with Crippen LogP contribution in [0.3, 0.4) is 0 Å². The second kappa shape index (κ2) is 53.7. The Labute approximate surface area is 574 Å². The maximum atomic E-state index is 14.3. The van der Waals surface area contributed by atoms with Gasteiger partial charge in [-0.25, -0.2) is 4.57 Å². The SMILES string of the molecule is CCCCCCCCCCCCCCCCCC(=O)OCC(COP(=O)(O)OC1C(OC2OC(CO)C(O)C(O)C2O)C(O)C(O)C(O)C1OC1OC(COC(=O)CCCCCCCCCCCCCCC)C(O)C(O)C1O)OC(=O)CCCCCCCCCCCCCCC. The number of hydrogen-bond acceptors (Lipinski definition) is 23. The molecule has 2 aliphatic heterocycles. The molecule has 25 heteroatoms. The molecule has 3 aliphatic rings. The number of carbonyl (C=O) groups is 3. The zero-order valence-electron chi connectivity index (χ0n) is 58.9. The molecule has 566 valence electrons. The van der Waals surface area contributed by atoms with E-state index in [9.17, 15) is 74.9 Å². The van der Waals surface area contributed by atoms with Crippen molar-refractivity contribution in [1.82, 2.24) is 0 Å². The lowest BCUT2D eigenvalue weighted by Crippen LogP contribution is -2.69. The van der Waals surface area contributed by atoms with E-state index in [-0.39, 0.29) is 19.3 Å². The Morgan fingerprint density at radius 1 is 0.365 bits per heavy atom. The first-order valence-electron chi connectivity index (χ1n) is 37.8. The number of unbranched alkanes of at least 4 members (excludes halogenated alkanes) is 38. The summed E-state index contributed by atoms with van der Waals surface area (Å²) in [4.78, 5) is 51.0. The Bertz CT molecular complexity index is 1990. The van der Waals surface area contributed by atoms with E-state index in [1.807, 2.05) is 0 Å². The Morgan fingerprint density at radius 2 is 0.667 bits per heavy atom. The molecule has 18 atom stereocenters. The quantitative estimate of drug-likeness (QED) is 0.0117. The highest BCUT2D eigenvalue weighted by molar-refractivity contribution is 7.47.